The predicted molar refractivity (Wildman–Crippen MR) is 193 cm³/mol. The number of benzene rings is 2. The number of allylic oxidation sites excluding steroid dienone is 1. The molecule has 2 aromatic carbocycles. The van der Waals surface area contributed by atoms with Crippen molar-refractivity contribution in [3.8, 4) is 5.75 Å². The first-order chi connectivity index (χ1) is 23.0. The topological polar surface area (TPSA) is 65.7 Å². The summed E-state index contributed by atoms with van der Waals surface area (Å²) >= 11 is 0. The lowest BCUT2D eigenvalue weighted by Crippen LogP contribution is -2.52. The molecule has 1 aromatic heterocycles. The average Bonchev–Trinajstić information content (AvgIpc) is 3.06. The lowest BCUT2D eigenvalue weighted by atomic mass is 9.44. The van der Waals surface area contributed by atoms with E-state index in [0.29, 0.717) is 22.1 Å². The van der Waals surface area contributed by atoms with Crippen LogP contribution in [-0.4, -0.2) is 18.7 Å². The summed E-state index contributed by atoms with van der Waals surface area (Å²) in [4.78, 5) is 25.4. The molecule has 3 aromatic rings. The van der Waals surface area contributed by atoms with Gasteiger partial charge in [-0.25, -0.2) is 9.59 Å². The maximum atomic E-state index is 13.0. The molecule has 0 unspecified atom stereocenters. The largest absolute Gasteiger partial charge is 0.482 e. The van der Waals surface area contributed by atoms with Gasteiger partial charge in [-0.15, -0.1) is 0 Å². The number of carbonyl (C=O) groups is 1. The Morgan fingerprint density at radius 3 is 2.56 bits per heavy atom. The molecule has 3 saturated carbocycles. The average molecular weight is 653 g/mol. The SMILES string of the molecule is CC(C)CCC[C@H](C)[C@H]1CC[C@H]2[C@H]3CC=C4C[C@@H](OC(=O)COc5ccc6c(c5)oc(=O)c5ccccc56)CC[C@]4(C)[C@@H]3CC[C@]2(C)C1. The van der Waals surface area contributed by atoms with Crippen molar-refractivity contribution in [2.45, 2.75) is 118 Å². The van der Waals surface area contributed by atoms with Gasteiger partial charge in [0.25, 0.3) is 0 Å². The molecule has 0 bridgehead atoms. The van der Waals surface area contributed by atoms with Crippen molar-refractivity contribution < 1.29 is 18.7 Å². The Kier molecular flexibility index (Phi) is 9.28. The van der Waals surface area contributed by atoms with Crippen LogP contribution in [0, 0.1) is 46.3 Å². The van der Waals surface area contributed by atoms with Gasteiger partial charge in [0.15, 0.2) is 6.61 Å². The van der Waals surface area contributed by atoms with Crippen molar-refractivity contribution in [1.82, 2.24) is 0 Å². The summed E-state index contributed by atoms with van der Waals surface area (Å²) in [5, 5.41) is 2.23. The van der Waals surface area contributed by atoms with Crippen molar-refractivity contribution in [1.29, 1.82) is 0 Å². The Morgan fingerprint density at radius 2 is 1.75 bits per heavy atom. The summed E-state index contributed by atoms with van der Waals surface area (Å²) in [5.74, 6) is 5.10. The maximum Gasteiger partial charge on any atom is 0.344 e. The van der Waals surface area contributed by atoms with Crippen LogP contribution in [0.2, 0.25) is 0 Å². The predicted octanol–water partition coefficient (Wildman–Crippen LogP) is 10.7. The molecule has 1 heterocycles. The van der Waals surface area contributed by atoms with Gasteiger partial charge >= 0.3 is 11.6 Å². The Hall–Kier alpha value is -3.08. The van der Waals surface area contributed by atoms with Gasteiger partial charge in [-0.05, 0) is 121 Å². The van der Waals surface area contributed by atoms with E-state index in [-0.39, 0.29) is 29.7 Å². The van der Waals surface area contributed by atoms with Crippen LogP contribution in [0.25, 0.3) is 21.7 Å². The highest BCUT2D eigenvalue weighted by Crippen LogP contribution is 2.65. The summed E-state index contributed by atoms with van der Waals surface area (Å²) in [6, 6.07) is 12.8. The zero-order valence-electron chi connectivity index (χ0n) is 29.9. The number of carbonyl (C=O) groups excluding carboxylic acids is 1. The van der Waals surface area contributed by atoms with Gasteiger partial charge in [0.05, 0.1) is 5.39 Å². The number of fused-ring (bicyclic) bond motifs is 8. The Morgan fingerprint density at radius 1 is 0.938 bits per heavy atom. The van der Waals surface area contributed by atoms with Crippen molar-refractivity contribution in [3.05, 3.63) is 64.5 Å². The third-order valence-electron chi connectivity index (χ3n) is 13.6. The van der Waals surface area contributed by atoms with E-state index < -0.39 is 0 Å². The second-order valence-corrected chi connectivity index (χ2v) is 17.0. The normalized spacial score (nSPS) is 32.2. The van der Waals surface area contributed by atoms with Crippen LogP contribution in [-0.2, 0) is 9.53 Å². The van der Waals surface area contributed by atoms with Crippen LogP contribution in [0.15, 0.2) is 63.3 Å². The fourth-order valence-corrected chi connectivity index (χ4v) is 10.9. The third kappa shape index (κ3) is 6.36. The fraction of sp³-hybridized carbons (Fsp3) is 0.628. The van der Waals surface area contributed by atoms with Crippen LogP contribution in [0.4, 0.5) is 0 Å². The van der Waals surface area contributed by atoms with E-state index in [9.17, 15) is 9.59 Å². The second kappa shape index (κ2) is 13.3. The molecule has 0 aliphatic heterocycles. The lowest BCUT2D eigenvalue weighted by Gasteiger charge is -2.61. The molecule has 7 rings (SSSR count). The summed E-state index contributed by atoms with van der Waals surface area (Å²) in [7, 11) is 0. The minimum atomic E-state index is -0.380. The first-order valence-corrected chi connectivity index (χ1v) is 19.0. The molecule has 3 fully saturated rings. The number of hydrogen-bond donors (Lipinski definition) is 0. The standard InChI is InChI=1S/C43H56O5/c1-27(2)9-8-10-28(3)29-13-18-37-36-16-14-30-23-32(19-22-43(30,5)38(36)20-21-42(37,4)25-29)47-40(44)26-46-31-15-17-34-33-11-6-7-12-35(33)41(45)48-39(34)24-31/h6-7,11-12,14-15,17,24,27-29,32,36-38H,8-10,13,16,18-23,25-26H2,1-5H3/t28-,29-,32-,36+,37-,38+,42+,43-/m0/s1. The fourth-order valence-electron chi connectivity index (χ4n) is 10.9. The smallest absolute Gasteiger partial charge is 0.344 e. The zero-order chi connectivity index (χ0) is 33.6. The van der Waals surface area contributed by atoms with Crippen molar-refractivity contribution >= 4 is 27.7 Å². The summed E-state index contributed by atoms with van der Waals surface area (Å²) in [6.07, 6.45) is 17.7. The van der Waals surface area contributed by atoms with Gasteiger partial charge in [-0.1, -0.05) is 83.7 Å². The van der Waals surface area contributed by atoms with Crippen LogP contribution >= 0.6 is 0 Å². The molecule has 0 amide bonds. The van der Waals surface area contributed by atoms with Crippen LogP contribution < -0.4 is 10.4 Å². The van der Waals surface area contributed by atoms with Gasteiger partial charge < -0.3 is 13.9 Å². The monoisotopic (exact) mass is 652 g/mol. The quantitative estimate of drug-likeness (QED) is 0.0996. The first-order valence-electron chi connectivity index (χ1n) is 19.0. The molecular formula is C43H56O5. The number of esters is 1. The van der Waals surface area contributed by atoms with Gasteiger partial charge in [-0.2, -0.15) is 0 Å². The van der Waals surface area contributed by atoms with Crippen LogP contribution in [0.3, 0.4) is 0 Å². The highest BCUT2D eigenvalue weighted by Gasteiger charge is 2.56. The Bertz CT molecular complexity index is 1730. The molecule has 0 spiro atoms. The molecule has 8 atom stereocenters. The lowest BCUT2D eigenvalue weighted by molar-refractivity contribution is -0.154. The summed E-state index contributed by atoms with van der Waals surface area (Å²) in [6.45, 7) is 12.3. The van der Waals surface area contributed by atoms with E-state index in [2.05, 4.69) is 40.7 Å². The first kappa shape index (κ1) is 33.4. The molecule has 5 nitrogen and oxygen atoms in total. The van der Waals surface area contributed by atoms with Gasteiger partial charge in [-0.3, -0.25) is 0 Å². The van der Waals surface area contributed by atoms with Crippen molar-refractivity contribution in [2.75, 3.05) is 6.61 Å². The molecule has 258 valence electrons. The van der Waals surface area contributed by atoms with Crippen molar-refractivity contribution in [2.24, 2.45) is 46.3 Å². The van der Waals surface area contributed by atoms with E-state index in [1.807, 2.05) is 30.3 Å². The molecule has 0 saturated heterocycles. The van der Waals surface area contributed by atoms with E-state index in [1.165, 1.54) is 63.4 Å². The molecular weight excluding hydrogens is 596 g/mol. The Balaban J connectivity index is 0.947. The number of rotatable bonds is 9. The van der Waals surface area contributed by atoms with E-state index in [0.717, 1.165) is 65.5 Å². The van der Waals surface area contributed by atoms with Crippen molar-refractivity contribution in [3.63, 3.8) is 0 Å². The minimum Gasteiger partial charge on any atom is -0.482 e. The molecule has 5 heteroatoms. The maximum absolute atomic E-state index is 13.0. The molecule has 4 aliphatic rings. The third-order valence-corrected chi connectivity index (χ3v) is 13.6. The highest BCUT2D eigenvalue weighted by atomic mass is 16.6. The highest BCUT2D eigenvalue weighted by molar-refractivity contribution is 6.04. The molecule has 0 N–H and O–H groups in total. The zero-order valence-corrected chi connectivity index (χ0v) is 29.9. The summed E-state index contributed by atoms with van der Waals surface area (Å²) in [5.41, 5.74) is 2.32. The molecule has 48 heavy (non-hydrogen) atoms. The molecule has 0 radical (unpaired) electrons. The Labute approximate surface area is 286 Å². The van der Waals surface area contributed by atoms with Gasteiger partial charge in [0, 0.05) is 17.9 Å². The van der Waals surface area contributed by atoms with Gasteiger partial charge in [0.2, 0.25) is 0 Å². The van der Waals surface area contributed by atoms with Crippen LogP contribution in [0.1, 0.15) is 112 Å². The second-order valence-electron chi connectivity index (χ2n) is 17.0. The number of ether oxygens (including phenoxy) is 2. The van der Waals surface area contributed by atoms with E-state index >= 15 is 0 Å². The number of hydrogen-bond acceptors (Lipinski definition) is 5. The van der Waals surface area contributed by atoms with E-state index in [4.69, 9.17) is 13.9 Å². The van der Waals surface area contributed by atoms with Gasteiger partial charge in [0.1, 0.15) is 17.4 Å². The van der Waals surface area contributed by atoms with E-state index in [1.54, 1.807) is 12.1 Å². The molecule has 4 aliphatic carbocycles. The van der Waals surface area contributed by atoms with Crippen LogP contribution in [0.5, 0.6) is 5.75 Å². The summed E-state index contributed by atoms with van der Waals surface area (Å²) < 4.78 is 17.4. The minimum absolute atomic E-state index is 0.0977.